The highest BCUT2D eigenvalue weighted by molar-refractivity contribution is 5.66. The zero-order valence-corrected chi connectivity index (χ0v) is 17.6. The van der Waals surface area contributed by atoms with Crippen molar-refractivity contribution in [3.63, 3.8) is 0 Å². The van der Waals surface area contributed by atoms with Gasteiger partial charge in [-0.2, -0.15) is 0 Å². The Bertz CT molecular complexity index is 545. The van der Waals surface area contributed by atoms with Crippen LogP contribution in [0.4, 0.5) is 0 Å². The Labute approximate surface area is 175 Å². The normalized spacial score (nSPS) is 16.0. The highest BCUT2D eigenvalue weighted by Gasteiger charge is 2.15. The summed E-state index contributed by atoms with van der Waals surface area (Å²) in [5.74, 6) is -0.847. The summed E-state index contributed by atoms with van der Waals surface area (Å²) < 4.78 is 0. The van der Waals surface area contributed by atoms with Crippen LogP contribution in [0, 0.1) is 11.8 Å². The minimum atomic E-state index is -0.775. The van der Waals surface area contributed by atoms with E-state index in [0.717, 1.165) is 25.7 Å². The summed E-state index contributed by atoms with van der Waals surface area (Å²) in [5.41, 5.74) is 0. The van der Waals surface area contributed by atoms with Crippen LogP contribution in [0.5, 0.6) is 0 Å². The molecule has 3 unspecified atom stereocenters. The number of hydrogen-bond acceptors (Lipinski definition) is 4. The molecule has 0 spiro atoms. The monoisotopic (exact) mass is 406 g/mol. The van der Waals surface area contributed by atoms with Crippen molar-refractivity contribution in [3.05, 3.63) is 60.8 Å². The molecule has 0 aromatic carbocycles. The largest absolute Gasteiger partial charge is 0.481 e. The van der Waals surface area contributed by atoms with Gasteiger partial charge in [-0.15, -0.1) is 0 Å². The number of unbranched alkanes of at least 4 members (excludes halogenated alkanes) is 2. The summed E-state index contributed by atoms with van der Waals surface area (Å²) in [4.78, 5) is 10.4. The number of carbonyl (C=O) groups is 1. The molecule has 29 heavy (non-hydrogen) atoms. The van der Waals surface area contributed by atoms with Crippen LogP contribution in [0.15, 0.2) is 60.8 Å². The van der Waals surface area contributed by atoms with E-state index >= 15 is 0 Å². The Hall–Kier alpha value is -1.95. The van der Waals surface area contributed by atoms with Crippen molar-refractivity contribution in [1.82, 2.24) is 0 Å². The van der Waals surface area contributed by atoms with Crippen molar-refractivity contribution in [3.8, 4) is 0 Å². The molecule has 5 nitrogen and oxygen atoms in total. The van der Waals surface area contributed by atoms with E-state index in [-0.39, 0.29) is 31.5 Å². The van der Waals surface area contributed by atoms with E-state index in [1.165, 1.54) is 0 Å². The Morgan fingerprint density at radius 3 is 2.10 bits per heavy atom. The fourth-order valence-electron chi connectivity index (χ4n) is 2.75. The third-order valence-electron chi connectivity index (χ3n) is 4.53. The molecule has 0 aliphatic carbocycles. The van der Waals surface area contributed by atoms with Crippen LogP contribution in [0.1, 0.15) is 51.9 Å². The third kappa shape index (κ3) is 16.7. The number of rotatable bonds is 17. The van der Waals surface area contributed by atoms with E-state index in [9.17, 15) is 20.1 Å². The summed E-state index contributed by atoms with van der Waals surface area (Å²) >= 11 is 0. The predicted molar refractivity (Wildman–Crippen MR) is 118 cm³/mol. The van der Waals surface area contributed by atoms with Gasteiger partial charge in [0.2, 0.25) is 0 Å². The quantitative estimate of drug-likeness (QED) is 0.165. The number of aliphatic carboxylic acids is 1. The Kier molecular flexibility index (Phi) is 18.1. The first kappa shape index (κ1) is 27.0. The second-order valence-electron chi connectivity index (χ2n) is 7.00. The topological polar surface area (TPSA) is 98.0 Å². The van der Waals surface area contributed by atoms with Crippen molar-refractivity contribution in [2.24, 2.45) is 11.8 Å². The van der Waals surface area contributed by atoms with Crippen molar-refractivity contribution < 1.29 is 25.2 Å². The number of aliphatic hydroxyl groups excluding tert-OH is 3. The van der Waals surface area contributed by atoms with Crippen molar-refractivity contribution in [2.45, 2.75) is 58.0 Å². The number of carboxylic acid groups (broad SMARTS) is 1. The van der Waals surface area contributed by atoms with Crippen LogP contribution in [-0.4, -0.2) is 45.7 Å². The highest BCUT2D eigenvalue weighted by atomic mass is 16.4. The number of aliphatic hydroxyl groups is 3. The maximum atomic E-state index is 10.4. The van der Waals surface area contributed by atoms with Gasteiger partial charge in [-0.1, -0.05) is 80.5 Å². The Morgan fingerprint density at radius 1 is 0.862 bits per heavy atom. The summed E-state index contributed by atoms with van der Waals surface area (Å²) in [6, 6.07) is 0. The molecule has 164 valence electrons. The van der Waals surface area contributed by atoms with Crippen LogP contribution in [0.2, 0.25) is 0 Å². The molecule has 3 atom stereocenters. The fraction of sp³-hybridized carbons (Fsp3) is 0.542. The molecule has 4 N–H and O–H groups in total. The van der Waals surface area contributed by atoms with Crippen LogP contribution in [-0.2, 0) is 4.79 Å². The molecular formula is C24H38O5. The molecule has 0 fully saturated rings. The molecule has 0 heterocycles. The standard InChI is InChI=1S/C24H38O5/c1-2-3-9-14-21(19-25)22(20-26)15-10-6-4-5-7-11-16-23(27)17-12-8-13-18-24(28)29/h3-7,9-11,15-16,21-23,25-27H,2,8,12-14,17-20H2,1H3,(H,28,29)/b6-4-,7-5-,9-3-,15-10+,16-11+. The average molecular weight is 407 g/mol. The highest BCUT2D eigenvalue weighted by Crippen LogP contribution is 2.17. The second kappa shape index (κ2) is 19.4. The smallest absolute Gasteiger partial charge is 0.303 e. The van der Waals surface area contributed by atoms with E-state index < -0.39 is 12.1 Å². The maximum absolute atomic E-state index is 10.4. The molecule has 0 aliphatic rings. The molecule has 0 amide bonds. The second-order valence-corrected chi connectivity index (χ2v) is 7.00. The van der Waals surface area contributed by atoms with E-state index in [4.69, 9.17) is 5.11 Å². The van der Waals surface area contributed by atoms with Crippen molar-refractivity contribution in [2.75, 3.05) is 13.2 Å². The maximum Gasteiger partial charge on any atom is 0.303 e. The molecule has 0 saturated carbocycles. The van der Waals surface area contributed by atoms with Gasteiger partial charge >= 0.3 is 5.97 Å². The average Bonchev–Trinajstić information content (AvgIpc) is 2.70. The van der Waals surface area contributed by atoms with Crippen molar-refractivity contribution in [1.29, 1.82) is 0 Å². The lowest BCUT2D eigenvalue weighted by atomic mass is 9.90. The lowest BCUT2D eigenvalue weighted by molar-refractivity contribution is -0.137. The molecule has 0 aromatic heterocycles. The SMILES string of the molecule is CC/C=C\CC(CO)C(/C=C/C=C\C=C/C=C/C(O)CCCCCC(=O)O)CO. The summed E-state index contributed by atoms with van der Waals surface area (Å²) in [6.45, 7) is 2.11. The van der Waals surface area contributed by atoms with Crippen molar-refractivity contribution >= 4 is 5.97 Å². The van der Waals surface area contributed by atoms with Gasteiger partial charge in [-0.05, 0) is 31.6 Å². The van der Waals surface area contributed by atoms with Crippen LogP contribution in [0.25, 0.3) is 0 Å². The predicted octanol–water partition coefficient (Wildman–Crippen LogP) is 4.18. The van der Waals surface area contributed by atoms with E-state index in [1.54, 1.807) is 12.2 Å². The summed E-state index contributed by atoms with van der Waals surface area (Å²) in [7, 11) is 0. The Balaban J connectivity index is 4.18. The van der Waals surface area contributed by atoms with Gasteiger partial charge in [-0.3, -0.25) is 4.79 Å². The molecule has 0 bridgehead atoms. The molecule has 5 heteroatoms. The minimum absolute atomic E-state index is 0.00229. The number of carboxylic acids is 1. The van der Waals surface area contributed by atoms with Gasteiger partial charge in [0.15, 0.2) is 0 Å². The van der Waals surface area contributed by atoms with Crippen LogP contribution >= 0.6 is 0 Å². The minimum Gasteiger partial charge on any atom is -0.481 e. The first-order valence-corrected chi connectivity index (χ1v) is 10.5. The number of hydrogen-bond donors (Lipinski definition) is 4. The van der Waals surface area contributed by atoms with E-state index in [2.05, 4.69) is 13.0 Å². The zero-order valence-electron chi connectivity index (χ0n) is 17.6. The van der Waals surface area contributed by atoms with Gasteiger partial charge in [-0.25, -0.2) is 0 Å². The lowest BCUT2D eigenvalue weighted by Crippen LogP contribution is -2.19. The first-order valence-electron chi connectivity index (χ1n) is 10.5. The van der Waals surface area contributed by atoms with E-state index in [1.807, 2.05) is 42.5 Å². The van der Waals surface area contributed by atoms with Gasteiger partial charge in [0.25, 0.3) is 0 Å². The molecule has 0 aromatic rings. The first-order chi connectivity index (χ1) is 14.0. The van der Waals surface area contributed by atoms with Crippen LogP contribution in [0.3, 0.4) is 0 Å². The van der Waals surface area contributed by atoms with Gasteiger partial charge in [0.1, 0.15) is 0 Å². The van der Waals surface area contributed by atoms with Gasteiger partial charge in [0, 0.05) is 25.6 Å². The van der Waals surface area contributed by atoms with Gasteiger partial charge < -0.3 is 20.4 Å². The summed E-state index contributed by atoms with van der Waals surface area (Å²) in [5, 5.41) is 37.4. The Morgan fingerprint density at radius 2 is 1.52 bits per heavy atom. The lowest BCUT2D eigenvalue weighted by Gasteiger charge is -2.19. The summed E-state index contributed by atoms with van der Waals surface area (Å²) in [6.07, 6.45) is 23.1. The molecule has 0 saturated heterocycles. The third-order valence-corrected chi connectivity index (χ3v) is 4.53. The molecule has 0 rings (SSSR count). The molecular weight excluding hydrogens is 368 g/mol. The van der Waals surface area contributed by atoms with Gasteiger partial charge in [0.05, 0.1) is 6.10 Å². The van der Waals surface area contributed by atoms with E-state index in [0.29, 0.717) is 12.8 Å². The van der Waals surface area contributed by atoms with Crippen LogP contribution < -0.4 is 0 Å². The molecule has 0 aliphatic heterocycles. The zero-order chi connectivity index (χ0) is 21.7. The molecule has 0 radical (unpaired) electrons. The fourth-order valence-corrected chi connectivity index (χ4v) is 2.75. The number of allylic oxidation sites excluding steroid dienone is 8.